The van der Waals surface area contributed by atoms with Crippen molar-refractivity contribution in [3.05, 3.63) is 100 Å². The van der Waals surface area contributed by atoms with E-state index < -0.39 is 0 Å². The first-order valence-corrected chi connectivity index (χ1v) is 9.86. The maximum absolute atomic E-state index is 12.6. The summed E-state index contributed by atoms with van der Waals surface area (Å²) >= 11 is 3.47. The van der Waals surface area contributed by atoms with Crippen LogP contribution < -0.4 is 10.2 Å². The predicted molar refractivity (Wildman–Crippen MR) is 118 cm³/mol. The highest BCUT2D eigenvalue weighted by Crippen LogP contribution is 2.22. The van der Waals surface area contributed by atoms with Crippen molar-refractivity contribution < 1.29 is 9.53 Å². The van der Waals surface area contributed by atoms with Crippen LogP contribution in [0, 0.1) is 0 Å². The zero-order valence-corrected chi connectivity index (χ0v) is 17.0. The van der Waals surface area contributed by atoms with E-state index in [0.29, 0.717) is 17.9 Å². The monoisotopic (exact) mass is 447 g/mol. The Hall–Kier alpha value is -3.38. The molecule has 4 aromatic rings. The van der Waals surface area contributed by atoms with Crippen LogP contribution in [-0.2, 0) is 6.61 Å². The van der Waals surface area contributed by atoms with Gasteiger partial charge in [0.2, 0.25) is 0 Å². The molecule has 0 saturated heterocycles. The van der Waals surface area contributed by atoms with Gasteiger partial charge >= 0.3 is 0 Å². The molecule has 6 heteroatoms. The SMILES string of the molecule is O=C(N/N=C/c1c[nH]c2ccc(Br)cc12)c1ccccc1OCc1ccccc1. The summed E-state index contributed by atoms with van der Waals surface area (Å²) in [4.78, 5) is 15.8. The molecule has 144 valence electrons. The topological polar surface area (TPSA) is 66.5 Å². The van der Waals surface area contributed by atoms with Crippen molar-refractivity contribution in [3.8, 4) is 5.75 Å². The van der Waals surface area contributed by atoms with Gasteiger partial charge in [0, 0.05) is 27.1 Å². The van der Waals surface area contributed by atoms with Crippen LogP contribution >= 0.6 is 15.9 Å². The number of carbonyl (C=O) groups is 1. The first kappa shape index (κ1) is 19.0. The van der Waals surface area contributed by atoms with Gasteiger partial charge in [-0.2, -0.15) is 5.10 Å². The lowest BCUT2D eigenvalue weighted by atomic mass is 10.2. The van der Waals surface area contributed by atoms with Crippen molar-refractivity contribution in [1.29, 1.82) is 0 Å². The Morgan fingerprint density at radius 2 is 1.86 bits per heavy atom. The van der Waals surface area contributed by atoms with E-state index in [0.717, 1.165) is 26.5 Å². The third-order valence-electron chi connectivity index (χ3n) is 4.41. The molecule has 29 heavy (non-hydrogen) atoms. The fourth-order valence-electron chi connectivity index (χ4n) is 2.96. The number of H-pyrrole nitrogens is 1. The fraction of sp³-hybridized carbons (Fsp3) is 0.0435. The van der Waals surface area contributed by atoms with Crippen LogP contribution in [0.1, 0.15) is 21.5 Å². The first-order chi connectivity index (χ1) is 14.2. The highest BCUT2D eigenvalue weighted by atomic mass is 79.9. The minimum absolute atomic E-state index is 0.328. The van der Waals surface area contributed by atoms with E-state index in [2.05, 4.69) is 31.4 Å². The maximum Gasteiger partial charge on any atom is 0.275 e. The number of fused-ring (bicyclic) bond motifs is 1. The lowest BCUT2D eigenvalue weighted by molar-refractivity contribution is 0.0950. The van der Waals surface area contributed by atoms with Gasteiger partial charge in [-0.05, 0) is 35.9 Å². The summed E-state index contributed by atoms with van der Waals surface area (Å²) in [5.41, 5.74) is 5.93. The third-order valence-corrected chi connectivity index (χ3v) is 4.91. The van der Waals surface area contributed by atoms with Crippen molar-refractivity contribution in [2.45, 2.75) is 6.61 Å². The summed E-state index contributed by atoms with van der Waals surface area (Å²) in [6.07, 6.45) is 3.47. The largest absolute Gasteiger partial charge is 0.488 e. The van der Waals surface area contributed by atoms with Gasteiger partial charge < -0.3 is 9.72 Å². The smallest absolute Gasteiger partial charge is 0.275 e. The number of rotatable bonds is 6. The van der Waals surface area contributed by atoms with Crippen molar-refractivity contribution in [1.82, 2.24) is 10.4 Å². The Labute approximate surface area is 176 Å². The molecule has 0 aliphatic heterocycles. The quantitative estimate of drug-likeness (QED) is 0.312. The normalized spacial score (nSPS) is 11.1. The number of aromatic amines is 1. The van der Waals surface area contributed by atoms with Crippen LogP contribution in [0.3, 0.4) is 0 Å². The van der Waals surface area contributed by atoms with E-state index in [9.17, 15) is 4.79 Å². The number of hydrogen-bond donors (Lipinski definition) is 2. The van der Waals surface area contributed by atoms with Gasteiger partial charge in [-0.1, -0.05) is 58.4 Å². The van der Waals surface area contributed by atoms with Gasteiger partial charge in [-0.15, -0.1) is 0 Å². The number of ether oxygens (including phenoxy) is 1. The van der Waals surface area contributed by atoms with Gasteiger partial charge in [0.25, 0.3) is 5.91 Å². The highest BCUT2D eigenvalue weighted by molar-refractivity contribution is 9.10. The lowest BCUT2D eigenvalue weighted by Gasteiger charge is -2.10. The fourth-order valence-corrected chi connectivity index (χ4v) is 3.32. The molecule has 0 spiro atoms. The number of aromatic nitrogens is 1. The van der Waals surface area contributed by atoms with Crippen molar-refractivity contribution >= 4 is 39.0 Å². The van der Waals surface area contributed by atoms with E-state index >= 15 is 0 Å². The molecule has 3 aromatic carbocycles. The third kappa shape index (κ3) is 4.55. The number of nitrogens with one attached hydrogen (secondary N) is 2. The summed E-state index contributed by atoms with van der Waals surface area (Å²) in [5.74, 6) is 0.186. The molecule has 1 aromatic heterocycles. The molecule has 0 bridgehead atoms. The zero-order chi connectivity index (χ0) is 20.1. The number of amides is 1. The van der Waals surface area contributed by atoms with Crippen molar-refractivity contribution in [3.63, 3.8) is 0 Å². The van der Waals surface area contributed by atoms with E-state index in [4.69, 9.17) is 4.74 Å². The number of carbonyl (C=O) groups excluding carboxylic acids is 1. The summed E-state index contributed by atoms with van der Waals surface area (Å²) in [6, 6.07) is 22.9. The Bertz CT molecular complexity index is 1170. The summed E-state index contributed by atoms with van der Waals surface area (Å²) in [6.45, 7) is 0.388. The number of hydrazone groups is 1. The molecule has 0 unspecified atom stereocenters. The van der Waals surface area contributed by atoms with Gasteiger partial charge in [0.1, 0.15) is 12.4 Å². The van der Waals surface area contributed by atoms with Crippen LogP contribution in [0.25, 0.3) is 10.9 Å². The van der Waals surface area contributed by atoms with E-state index in [1.165, 1.54) is 0 Å². The maximum atomic E-state index is 12.6. The van der Waals surface area contributed by atoms with Gasteiger partial charge in [0.15, 0.2) is 0 Å². The summed E-state index contributed by atoms with van der Waals surface area (Å²) < 4.78 is 6.82. The Morgan fingerprint density at radius 1 is 1.07 bits per heavy atom. The number of hydrogen-bond acceptors (Lipinski definition) is 3. The molecule has 0 saturated carbocycles. The first-order valence-electron chi connectivity index (χ1n) is 9.06. The Morgan fingerprint density at radius 3 is 2.72 bits per heavy atom. The Balaban J connectivity index is 1.45. The van der Waals surface area contributed by atoms with Gasteiger partial charge in [-0.25, -0.2) is 5.43 Å². The van der Waals surface area contributed by atoms with Crippen LogP contribution in [-0.4, -0.2) is 17.1 Å². The predicted octanol–water partition coefficient (Wildman–Crippen LogP) is 5.27. The highest BCUT2D eigenvalue weighted by Gasteiger charge is 2.11. The molecule has 0 radical (unpaired) electrons. The van der Waals surface area contributed by atoms with E-state index in [1.54, 1.807) is 24.4 Å². The number of para-hydroxylation sites is 1. The van der Waals surface area contributed by atoms with Crippen LogP contribution in [0.2, 0.25) is 0 Å². The zero-order valence-electron chi connectivity index (χ0n) is 15.4. The molecule has 1 amide bonds. The summed E-state index contributed by atoms with van der Waals surface area (Å²) in [5, 5.41) is 5.13. The van der Waals surface area contributed by atoms with Crippen molar-refractivity contribution in [2.24, 2.45) is 5.10 Å². The average molecular weight is 448 g/mol. The molecule has 0 fully saturated rings. The number of benzene rings is 3. The molecule has 0 atom stereocenters. The second kappa shape index (κ2) is 8.75. The lowest BCUT2D eigenvalue weighted by Crippen LogP contribution is -2.18. The van der Waals surface area contributed by atoms with Crippen LogP contribution in [0.15, 0.2) is 88.6 Å². The molecule has 1 heterocycles. The molecule has 4 rings (SSSR count). The molecule has 5 nitrogen and oxygen atoms in total. The van der Waals surface area contributed by atoms with Gasteiger partial charge in [0.05, 0.1) is 11.8 Å². The molecule has 0 aliphatic carbocycles. The number of nitrogens with zero attached hydrogens (tertiary/aromatic N) is 1. The van der Waals surface area contributed by atoms with E-state index in [1.807, 2.05) is 60.8 Å². The Kier molecular flexibility index (Phi) is 5.72. The standard InChI is InChI=1S/C23H18BrN3O2/c24-18-10-11-21-20(12-18)17(13-25-21)14-26-27-23(28)19-8-4-5-9-22(19)29-15-16-6-2-1-3-7-16/h1-14,25H,15H2,(H,27,28)/b26-14+. The van der Waals surface area contributed by atoms with Crippen molar-refractivity contribution in [2.75, 3.05) is 0 Å². The second-order valence-electron chi connectivity index (χ2n) is 6.40. The molecular weight excluding hydrogens is 430 g/mol. The van der Waals surface area contributed by atoms with Crippen LogP contribution in [0.4, 0.5) is 0 Å². The average Bonchev–Trinajstić information content (AvgIpc) is 3.15. The molecular formula is C23H18BrN3O2. The second-order valence-corrected chi connectivity index (χ2v) is 7.32. The molecule has 0 aliphatic rings. The number of halogens is 1. The molecule has 2 N–H and O–H groups in total. The summed E-state index contributed by atoms with van der Waals surface area (Å²) in [7, 11) is 0. The minimum Gasteiger partial charge on any atom is -0.488 e. The van der Waals surface area contributed by atoms with Crippen LogP contribution in [0.5, 0.6) is 5.75 Å². The van der Waals surface area contributed by atoms with E-state index in [-0.39, 0.29) is 5.91 Å². The van der Waals surface area contributed by atoms with Gasteiger partial charge in [-0.3, -0.25) is 4.79 Å². The minimum atomic E-state index is -0.328.